The molecule has 3 heteroatoms. The van der Waals surface area contributed by atoms with Crippen molar-refractivity contribution >= 4 is 39.2 Å². The summed E-state index contributed by atoms with van der Waals surface area (Å²) < 4.78 is 0. The van der Waals surface area contributed by atoms with Gasteiger partial charge in [-0.05, 0) is 41.3 Å². The van der Waals surface area contributed by atoms with Crippen molar-refractivity contribution in [2.45, 2.75) is 19.9 Å². The molecule has 28 heavy (non-hydrogen) atoms. The summed E-state index contributed by atoms with van der Waals surface area (Å²) in [6.07, 6.45) is 0. The summed E-state index contributed by atoms with van der Waals surface area (Å²) >= 11 is 0. The molecule has 0 radical (unpaired) electrons. The molecule has 1 amide bonds. The van der Waals surface area contributed by atoms with Gasteiger partial charge in [-0.1, -0.05) is 66.7 Å². The Labute approximate surface area is 163 Å². The molecular formula is C25H19NO2. The quantitative estimate of drug-likeness (QED) is 0.688. The van der Waals surface area contributed by atoms with Crippen LogP contribution in [-0.4, -0.2) is 17.7 Å². The Kier molecular flexibility index (Phi) is 3.59. The van der Waals surface area contributed by atoms with Gasteiger partial charge in [-0.15, -0.1) is 0 Å². The zero-order valence-electron chi connectivity index (χ0n) is 15.7. The van der Waals surface area contributed by atoms with Crippen LogP contribution < -0.4 is 5.32 Å². The van der Waals surface area contributed by atoms with Gasteiger partial charge >= 0.3 is 0 Å². The van der Waals surface area contributed by atoms with E-state index in [0.717, 1.165) is 38.6 Å². The van der Waals surface area contributed by atoms with E-state index in [4.69, 9.17) is 0 Å². The molecule has 0 bridgehead atoms. The molecule has 1 N–H and O–H groups in total. The van der Waals surface area contributed by atoms with Crippen LogP contribution in [-0.2, 0) is 9.59 Å². The monoisotopic (exact) mass is 365 g/mol. The number of benzene rings is 3. The van der Waals surface area contributed by atoms with Crippen LogP contribution in [0.5, 0.6) is 0 Å². The first kappa shape index (κ1) is 16.7. The van der Waals surface area contributed by atoms with Gasteiger partial charge in [0.15, 0.2) is 5.78 Å². The molecule has 5 rings (SSSR count). The van der Waals surface area contributed by atoms with Gasteiger partial charge in [-0.25, -0.2) is 0 Å². The number of hydrogen-bond donors (Lipinski definition) is 1. The Hall–Kier alpha value is -3.46. The van der Waals surface area contributed by atoms with Crippen LogP contribution in [0.25, 0.3) is 27.5 Å². The lowest BCUT2D eigenvalue weighted by Crippen LogP contribution is -2.33. The molecule has 0 aromatic heterocycles. The number of allylic oxidation sites excluding steroid dienone is 3. The summed E-state index contributed by atoms with van der Waals surface area (Å²) in [7, 11) is 0. The molecule has 2 aliphatic rings. The Morgan fingerprint density at radius 2 is 1.43 bits per heavy atom. The number of amides is 1. The summed E-state index contributed by atoms with van der Waals surface area (Å²) in [4.78, 5) is 26.5. The molecule has 2 aliphatic carbocycles. The first-order valence-electron chi connectivity index (χ1n) is 9.50. The van der Waals surface area contributed by atoms with E-state index in [1.165, 1.54) is 0 Å². The number of carbonyl (C=O) groups excluding carboxylic acids is 2. The Morgan fingerprint density at radius 3 is 2.07 bits per heavy atom. The molecule has 0 fully saturated rings. The smallest absolute Gasteiger partial charge is 0.256 e. The standard InChI is InChI=1S/C25H19NO2/c1-14(2)26-25(28)23-22-18-13-7-11-15-10-6-12-17(19(15)18)21(22)20(24(23)27)16-8-4-3-5-9-16/h3-14H,1-2H3,(H,26,28). The highest BCUT2D eigenvalue weighted by atomic mass is 16.2. The van der Waals surface area contributed by atoms with Gasteiger partial charge in [-0.3, -0.25) is 9.59 Å². The number of hydrogen-bond acceptors (Lipinski definition) is 2. The van der Waals surface area contributed by atoms with Gasteiger partial charge in [0.25, 0.3) is 5.91 Å². The number of ketones is 1. The average Bonchev–Trinajstić information content (AvgIpc) is 3.16. The van der Waals surface area contributed by atoms with Crippen molar-refractivity contribution in [2.24, 2.45) is 0 Å². The van der Waals surface area contributed by atoms with Crippen molar-refractivity contribution in [1.29, 1.82) is 0 Å². The molecule has 3 nitrogen and oxygen atoms in total. The third-order valence-corrected chi connectivity index (χ3v) is 5.36. The van der Waals surface area contributed by atoms with Crippen molar-refractivity contribution in [2.75, 3.05) is 0 Å². The number of carbonyl (C=O) groups is 2. The Bertz CT molecular complexity index is 1220. The average molecular weight is 365 g/mol. The first-order chi connectivity index (χ1) is 13.6. The van der Waals surface area contributed by atoms with Crippen LogP contribution in [0.3, 0.4) is 0 Å². The second kappa shape index (κ2) is 6.03. The predicted octanol–water partition coefficient (Wildman–Crippen LogP) is 4.63. The molecule has 0 aliphatic heterocycles. The van der Waals surface area contributed by atoms with E-state index in [1.807, 2.05) is 68.4 Å². The van der Waals surface area contributed by atoms with Crippen LogP contribution in [0.4, 0.5) is 0 Å². The van der Waals surface area contributed by atoms with Gasteiger partial charge in [0.1, 0.15) is 0 Å². The fourth-order valence-electron chi connectivity index (χ4n) is 4.33. The van der Waals surface area contributed by atoms with E-state index >= 15 is 0 Å². The fourth-order valence-corrected chi connectivity index (χ4v) is 4.33. The molecule has 0 atom stereocenters. The maximum Gasteiger partial charge on any atom is 0.256 e. The van der Waals surface area contributed by atoms with Crippen LogP contribution in [0.1, 0.15) is 30.5 Å². The van der Waals surface area contributed by atoms with Crippen molar-refractivity contribution in [3.63, 3.8) is 0 Å². The molecule has 0 unspecified atom stereocenters. The SMILES string of the molecule is CC(C)NC(=O)C1=C2C(=C(c3ccccc3)C1=O)c1cccc3cccc2c13. The Balaban J connectivity index is 1.86. The van der Waals surface area contributed by atoms with Gasteiger partial charge in [0.2, 0.25) is 0 Å². The van der Waals surface area contributed by atoms with Crippen LogP contribution in [0, 0.1) is 0 Å². The number of Topliss-reactive ketones (excluding diaryl/α,β-unsaturated/α-hetero) is 1. The molecule has 3 aromatic rings. The minimum Gasteiger partial charge on any atom is -0.350 e. The Morgan fingerprint density at radius 1 is 0.786 bits per heavy atom. The number of fused-ring (bicyclic) bond motifs is 3. The maximum atomic E-state index is 13.5. The first-order valence-corrected chi connectivity index (χ1v) is 9.50. The van der Waals surface area contributed by atoms with E-state index in [2.05, 4.69) is 17.4 Å². The molecule has 0 saturated heterocycles. The predicted molar refractivity (Wildman–Crippen MR) is 112 cm³/mol. The highest BCUT2D eigenvalue weighted by Crippen LogP contribution is 2.54. The topological polar surface area (TPSA) is 46.2 Å². The largest absolute Gasteiger partial charge is 0.350 e. The molecule has 0 saturated carbocycles. The third kappa shape index (κ3) is 2.23. The number of rotatable bonds is 3. The summed E-state index contributed by atoms with van der Waals surface area (Å²) in [5.41, 5.74) is 5.38. The van der Waals surface area contributed by atoms with Crippen LogP contribution >= 0.6 is 0 Å². The minimum atomic E-state index is -0.303. The molecular weight excluding hydrogens is 346 g/mol. The van der Waals surface area contributed by atoms with Gasteiger partial charge in [-0.2, -0.15) is 0 Å². The molecule has 136 valence electrons. The summed E-state index contributed by atoms with van der Waals surface area (Å²) in [6, 6.07) is 21.8. The van der Waals surface area contributed by atoms with E-state index in [9.17, 15) is 9.59 Å². The molecule has 0 heterocycles. The zero-order valence-corrected chi connectivity index (χ0v) is 15.7. The van der Waals surface area contributed by atoms with Crippen molar-refractivity contribution in [3.05, 3.63) is 89.0 Å². The number of nitrogens with one attached hydrogen (secondary N) is 1. The van der Waals surface area contributed by atoms with E-state index < -0.39 is 0 Å². The normalized spacial score (nSPS) is 15.0. The summed E-state index contributed by atoms with van der Waals surface area (Å²) in [6.45, 7) is 3.80. The lowest BCUT2D eigenvalue weighted by Gasteiger charge is -2.11. The highest BCUT2D eigenvalue weighted by molar-refractivity contribution is 6.56. The molecule has 0 spiro atoms. The minimum absolute atomic E-state index is 0.0443. The zero-order chi connectivity index (χ0) is 19.4. The van der Waals surface area contributed by atoms with Crippen LogP contribution in [0.15, 0.2) is 72.3 Å². The van der Waals surface area contributed by atoms with E-state index in [-0.39, 0.29) is 23.3 Å². The van der Waals surface area contributed by atoms with E-state index in [0.29, 0.717) is 5.57 Å². The van der Waals surface area contributed by atoms with Crippen molar-refractivity contribution < 1.29 is 9.59 Å². The fraction of sp³-hybridized carbons (Fsp3) is 0.120. The van der Waals surface area contributed by atoms with Crippen molar-refractivity contribution in [3.8, 4) is 0 Å². The highest BCUT2D eigenvalue weighted by Gasteiger charge is 2.42. The molecule has 3 aromatic carbocycles. The lowest BCUT2D eigenvalue weighted by molar-refractivity contribution is -0.120. The third-order valence-electron chi connectivity index (χ3n) is 5.36. The maximum absolute atomic E-state index is 13.5. The van der Waals surface area contributed by atoms with Crippen LogP contribution in [0.2, 0.25) is 0 Å². The summed E-state index contributed by atoms with van der Waals surface area (Å²) in [5, 5.41) is 5.15. The van der Waals surface area contributed by atoms with Gasteiger partial charge in [0, 0.05) is 22.8 Å². The van der Waals surface area contributed by atoms with E-state index in [1.54, 1.807) is 0 Å². The second-order valence-electron chi connectivity index (χ2n) is 7.53. The van der Waals surface area contributed by atoms with Crippen molar-refractivity contribution in [1.82, 2.24) is 5.32 Å². The van der Waals surface area contributed by atoms with Gasteiger partial charge in [0.05, 0.1) is 5.57 Å². The second-order valence-corrected chi connectivity index (χ2v) is 7.53. The summed E-state index contributed by atoms with van der Waals surface area (Å²) in [5.74, 6) is -0.496. The lowest BCUT2D eigenvalue weighted by atomic mass is 9.95. The van der Waals surface area contributed by atoms with Gasteiger partial charge < -0.3 is 5.32 Å².